The van der Waals surface area contributed by atoms with Crippen molar-refractivity contribution in [1.29, 1.82) is 0 Å². The summed E-state index contributed by atoms with van der Waals surface area (Å²) in [6.45, 7) is 3.49. The van der Waals surface area contributed by atoms with E-state index in [1.165, 1.54) is 5.56 Å². The summed E-state index contributed by atoms with van der Waals surface area (Å²) < 4.78 is 7.79. The van der Waals surface area contributed by atoms with Gasteiger partial charge < -0.3 is 10.1 Å². The topological polar surface area (TPSA) is 21.3 Å². The number of hydrogen-bond donors (Lipinski definition) is 1. The molecule has 100 valence electrons. The molecule has 2 aromatic carbocycles. The molecule has 0 bridgehead atoms. The molecule has 0 atom stereocenters. The molecule has 0 aliphatic heterocycles. The molecular formula is C15H15Br2NO. The van der Waals surface area contributed by atoms with Crippen molar-refractivity contribution in [3.63, 3.8) is 0 Å². The van der Waals surface area contributed by atoms with Gasteiger partial charge >= 0.3 is 0 Å². The second kappa shape index (κ2) is 6.96. The van der Waals surface area contributed by atoms with Crippen molar-refractivity contribution in [2.45, 2.75) is 6.92 Å². The molecular weight excluding hydrogens is 370 g/mol. The van der Waals surface area contributed by atoms with Crippen LogP contribution in [0.1, 0.15) is 5.56 Å². The Morgan fingerprint density at radius 1 is 1.00 bits per heavy atom. The number of ether oxygens (including phenoxy) is 1. The Labute approximate surface area is 130 Å². The average molecular weight is 385 g/mol. The average Bonchev–Trinajstić information content (AvgIpc) is 2.40. The first-order chi connectivity index (χ1) is 9.15. The van der Waals surface area contributed by atoms with Gasteiger partial charge in [0.25, 0.3) is 0 Å². The third-order valence-corrected chi connectivity index (χ3v) is 3.72. The van der Waals surface area contributed by atoms with Gasteiger partial charge in [0, 0.05) is 21.2 Å². The minimum absolute atomic E-state index is 0.633. The van der Waals surface area contributed by atoms with Crippen molar-refractivity contribution < 1.29 is 4.74 Å². The molecule has 0 saturated carbocycles. The van der Waals surface area contributed by atoms with Crippen molar-refractivity contribution in [2.24, 2.45) is 0 Å². The molecule has 0 aliphatic carbocycles. The number of anilines is 1. The Bertz CT molecular complexity index is 540. The van der Waals surface area contributed by atoms with Crippen molar-refractivity contribution >= 4 is 37.5 Å². The molecule has 0 fully saturated rings. The van der Waals surface area contributed by atoms with Gasteiger partial charge in [0.15, 0.2) is 0 Å². The van der Waals surface area contributed by atoms with Gasteiger partial charge in [-0.25, -0.2) is 0 Å². The van der Waals surface area contributed by atoms with Gasteiger partial charge in [-0.05, 0) is 48.9 Å². The van der Waals surface area contributed by atoms with E-state index in [-0.39, 0.29) is 0 Å². The Morgan fingerprint density at radius 3 is 2.42 bits per heavy atom. The van der Waals surface area contributed by atoms with E-state index < -0.39 is 0 Å². The summed E-state index contributed by atoms with van der Waals surface area (Å²) in [6.07, 6.45) is 0. The SMILES string of the molecule is Cc1ccc(Br)cc1NCCOc1ccc(Br)cc1. The smallest absolute Gasteiger partial charge is 0.119 e. The third kappa shape index (κ3) is 4.55. The fourth-order valence-electron chi connectivity index (χ4n) is 1.67. The van der Waals surface area contributed by atoms with Crippen molar-refractivity contribution in [3.8, 4) is 5.75 Å². The van der Waals surface area contributed by atoms with E-state index in [1.54, 1.807) is 0 Å². The Kier molecular flexibility index (Phi) is 5.28. The molecule has 0 saturated heterocycles. The second-order valence-electron chi connectivity index (χ2n) is 4.19. The Hall–Kier alpha value is -1.000. The lowest BCUT2D eigenvalue weighted by atomic mass is 10.2. The molecule has 0 heterocycles. The summed E-state index contributed by atoms with van der Waals surface area (Å²) in [7, 11) is 0. The summed E-state index contributed by atoms with van der Waals surface area (Å²) in [5, 5.41) is 3.37. The van der Waals surface area contributed by atoms with E-state index >= 15 is 0 Å². The summed E-state index contributed by atoms with van der Waals surface area (Å²) in [5.74, 6) is 0.885. The first-order valence-corrected chi connectivity index (χ1v) is 7.62. The van der Waals surface area contributed by atoms with Crippen LogP contribution in [0.4, 0.5) is 5.69 Å². The van der Waals surface area contributed by atoms with Gasteiger partial charge in [0.1, 0.15) is 12.4 Å². The molecule has 0 radical (unpaired) electrons. The van der Waals surface area contributed by atoms with Crippen molar-refractivity contribution in [3.05, 3.63) is 57.0 Å². The van der Waals surface area contributed by atoms with Crippen LogP contribution >= 0.6 is 31.9 Å². The number of nitrogens with one attached hydrogen (secondary N) is 1. The van der Waals surface area contributed by atoms with Crippen LogP contribution in [0, 0.1) is 6.92 Å². The zero-order valence-electron chi connectivity index (χ0n) is 10.6. The highest BCUT2D eigenvalue weighted by molar-refractivity contribution is 9.10. The quantitative estimate of drug-likeness (QED) is 0.731. The fourth-order valence-corrected chi connectivity index (χ4v) is 2.30. The van der Waals surface area contributed by atoms with Crippen LogP contribution in [-0.4, -0.2) is 13.2 Å². The zero-order chi connectivity index (χ0) is 13.7. The summed E-state index contributed by atoms with van der Waals surface area (Å²) in [4.78, 5) is 0. The van der Waals surface area contributed by atoms with E-state index in [0.29, 0.717) is 6.61 Å². The largest absolute Gasteiger partial charge is 0.492 e. The lowest BCUT2D eigenvalue weighted by Gasteiger charge is -2.11. The van der Waals surface area contributed by atoms with E-state index in [1.807, 2.05) is 30.3 Å². The molecule has 4 heteroatoms. The van der Waals surface area contributed by atoms with Crippen LogP contribution < -0.4 is 10.1 Å². The summed E-state index contributed by atoms with van der Waals surface area (Å²) in [5.41, 5.74) is 2.36. The van der Waals surface area contributed by atoms with Gasteiger partial charge in [-0.2, -0.15) is 0 Å². The standard InChI is InChI=1S/C15H15Br2NO/c1-11-2-3-13(17)10-15(11)18-8-9-19-14-6-4-12(16)5-7-14/h2-7,10,18H,8-9H2,1H3. The van der Waals surface area contributed by atoms with E-state index in [9.17, 15) is 0 Å². The molecule has 0 spiro atoms. The maximum Gasteiger partial charge on any atom is 0.119 e. The Morgan fingerprint density at radius 2 is 1.68 bits per heavy atom. The molecule has 1 N–H and O–H groups in total. The minimum Gasteiger partial charge on any atom is -0.492 e. The van der Waals surface area contributed by atoms with Gasteiger partial charge in [0.05, 0.1) is 0 Å². The molecule has 19 heavy (non-hydrogen) atoms. The first kappa shape index (κ1) is 14.4. The fraction of sp³-hybridized carbons (Fsp3) is 0.200. The maximum atomic E-state index is 5.66. The van der Waals surface area contributed by atoms with E-state index in [0.717, 1.165) is 26.9 Å². The van der Waals surface area contributed by atoms with Crippen LogP contribution in [0.15, 0.2) is 51.4 Å². The highest BCUT2D eigenvalue weighted by atomic mass is 79.9. The van der Waals surface area contributed by atoms with Gasteiger partial charge in [0.2, 0.25) is 0 Å². The molecule has 0 amide bonds. The molecule has 0 aromatic heterocycles. The zero-order valence-corrected chi connectivity index (χ0v) is 13.8. The van der Waals surface area contributed by atoms with Crippen molar-refractivity contribution in [1.82, 2.24) is 0 Å². The summed E-state index contributed by atoms with van der Waals surface area (Å²) in [6, 6.07) is 14.1. The van der Waals surface area contributed by atoms with Gasteiger partial charge in [-0.1, -0.05) is 37.9 Å². The summed E-state index contributed by atoms with van der Waals surface area (Å²) >= 11 is 6.87. The van der Waals surface area contributed by atoms with Crippen LogP contribution in [0.2, 0.25) is 0 Å². The van der Waals surface area contributed by atoms with Gasteiger partial charge in [-0.15, -0.1) is 0 Å². The lowest BCUT2D eigenvalue weighted by Crippen LogP contribution is -2.12. The molecule has 2 nitrogen and oxygen atoms in total. The van der Waals surface area contributed by atoms with Crippen LogP contribution in [0.5, 0.6) is 5.75 Å². The molecule has 2 rings (SSSR count). The third-order valence-electron chi connectivity index (χ3n) is 2.70. The lowest BCUT2D eigenvalue weighted by molar-refractivity contribution is 0.333. The molecule has 0 aliphatic rings. The highest BCUT2D eigenvalue weighted by Crippen LogP contribution is 2.20. The van der Waals surface area contributed by atoms with E-state index in [4.69, 9.17) is 4.74 Å². The molecule has 0 unspecified atom stereocenters. The Balaban J connectivity index is 1.80. The van der Waals surface area contributed by atoms with Crippen LogP contribution in [-0.2, 0) is 0 Å². The van der Waals surface area contributed by atoms with E-state index in [2.05, 4.69) is 56.2 Å². The first-order valence-electron chi connectivity index (χ1n) is 6.03. The maximum absolute atomic E-state index is 5.66. The normalized spacial score (nSPS) is 10.3. The predicted octanol–water partition coefficient (Wildman–Crippen LogP) is 5.01. The number of hydrogen-bond acceptors (Lipinski definition) is 2. The number of rotatable bonds is 5. The van der Waals surface area contributed by atoms with Crippen LogP contribution in [0.25, 0.3) is 0 Å². The second-order valence-corrected chi connectivity index (χ2v) is 6.02. The monoisotopic (exact) mass is 383 g/mol. The minimum atomic E-state index is 0.633. The number of aryl methyl sites for hydroxylation is 1. The number of benzene rings is 2. The van der Waals surface area contributed by atoms with Crippen LogP contribution in [0.3, 0.4) is 0 Å². The predicted molar refractivity (Wildman–Crippen MR) is 87.0 cm³/mol. The van der Waals surface area contributed by atoms with Crippen molar-refractivity contribution in [2.75, 3.05) is 18.5 Å². The highest BCUT2D eigenvalue weighted by Gasteiger charge is 1.99. The van der Waals surface area contributed by atoms with Gasteiger partial charge in [-0.3, -0.25) is 0 Å². The number of halogens is 2. The molecule has 2 aromatic rings.